The van der Waals surface area contributed by atoms with Gasteiger partial charge in [-0.25, -0.2) is 25.0 Å². The smallest absolute Gasteiger partial charge is 0.299 e. The van der Waals surface area contributed by atoms with Crippen LogP contribution in [0.4, 0.5) is 17.1 Å². The Morgan fingerprint density at radius 2 is 1.87 bits per heavy atom. The van der Waals surface area contributed by atoms with Gasteiger partial charge in [-0.3, -0.25) is 19.5 Å². The normalized spacial score (nSPS) is 10.8. The lowest BCUT2D eigenvalue weighted by atomic mass is 10.2. The maximum Gasteiger partial charge on any atom is 0.299 e. The van der Waals surface area contributed by atoms with Crippen LogP contribution in [0.3, 0.4) is 0 Å². The van der Waals surface area contributed by atoms with Crippen LogP contribution in [0.5, 0.6) is 0 Å². The van der Waals surface area contributed by atoms with Gasteiger partial charge in [0.2, 0.25) is 0 Å². The van der Waals surface area contributed by atoms with Crippen LogP contribution >= 0.6 is 0 Å². The third kappa shape index (κ3) is 5.36. The number of hydroxylamine groups is 2. The highest BCUT2D eigenvalue weighted by atomic mass is 16.5. The number of carbonyl (C=O) groups is 2. The lowest BCUT2D eigenvalue weighted by Gasteiger charge is -2.16. The number of aryl methyl sites for hydroxylation is 2. The molecule has 3 aromatic heterocycles. The van der Waals surface area contributed by atoms with Gasteiger partial charge in [0.1, 0.15) is 12.2 Å². The lowest BCUT2D eigenvalue weighted by Crippen LogP contribution is -2.32. The number of nitrogens with one attached hydrogen (secondary N) is 2. The minimum absolute atomic E-state index is 0.0512. The molecular weight excluding hydrogens is 402 g/mol. The van der Waals surface area contributed by atoms with Gasteiger partial charge in [-0.05, 0) is 12.8 Å². The lowest BCUT2D eigenvalue weighted by molar-refractivity contribution is -0.0651. The molecule has 12 heteroatoms. The molecule has 31 heavy (non-hydrogen) atoms. The van der Waals surface area contributed by atoms with Crippen LogP contribution in [-0.2, 0) is 7.05 Å². The zero-order valence-electron chi connectivity index (χ0n) is 17.6. The topological polar surface area (TPSA) is 151 Å². The molecule has 0 aromatic carbocycles. The van der Waals surface area contributed by atoms with Crippen molar-refractivity contribution in [3.05, 3.63) is 48.3 Å². The van der Waals surface area contributed by atoms with Crippen LogP contribution in [0, 0.1) is 12.8 Å². The van der Waals surface area contributed by atoms with Crippen molar-refractivity contribution >= 4 is 28.9 Å². The molecule has 2 amide bonds. The molecule has 0 saturated carbocycles. The molecule has 0 fully saturated rings. The van der Waals surface area contributed by atoms with E-state index in [9.17, 15) is 14.8 Å². The molecule has 0 saturated heterocycles. The second-order valence-electron chi connectivity index (χ2n) is 7.23. The number of aromatic nitrogens is 6. The Balaban J connectivity index is 1.87. The van der Waals surface area contributed by atoms with E-state index in [4.69, 9.17) is 0 Å². The summed E-state index contributed by atoms with van der Waals surface area (Å²) in [7, 11) is 1.60. The van der Waals surface area contributed by atoms with Crippen molar-refractivity contribution in [3.63, 3.8) is 0 Å². The highest BCUT2D eigenvalue weighted by molar-refractivity contribution is 6.09. The Morgan fingerprint density at radius 1 is 1.16 bits per heavy atom. The minimum atomic E-state index is -0.719. The minimum Gasteiger partial charge on any atom is -0.350 e. The number of amides is 2. The summed E-state index contributed by atoms with van der Waals surface area (Å²) < 4.78 is 1.37. The number of hydrogen-bond acceptors (Lipinski definition) is 9. The molecule has 3 heterocycles. The average molecular weight is 425 g/mol. The Bertz CT molecular complexity index is 1080. The van der Waals surface area contributed by atoms with E-state index in [0.717, 1.165) is 0 Å². The number of nitrogens with zero attached hydrogens (tertiary/aromatic N) is 7. The van der Waals surface area contributed by atoms with E-state index < -0.39 is 11.8 Å². The number of rotatable bonds is 7. The van der Waals surface area contributed by atoms with Gasteiger partial charge >= 0.3 is 0 Å². The van der Waals surface area contributed by atoms with Crippen molar-refractivity contribution in [1.82, 2.24) is 34.8 Å². The Labute approximate surface area is 178 Å². The molecular formula is C19H23N9O3. The van der Waals surface area contributed by atoms with Crippen molar-refractivity contribution in [1.29, 1.82) is 0 Å². The highest BCUT2D eigenvalue weighted by Gasteiger charge is 2.25. The summed E-state index contributed by atoms with van der Waals surface area (Å²) >= 11 is 0. The van der Waals surface area contributed by atoms with Crippen LogP contribution < -0.4 is 10.6 Å². The van der Waals surface area contributed by atoms with E-state index in [2.05, 4.69) is 35.7 Å². The monoisotopic (exact) mass is 425 g/mol. The van der Waals surface area contributed by atoms with Crippen LogP contribution in [0.25, 0.3) is 0 Å². The molecule has 0 spiro atoms. The molecule has 12 nitrogen and oxygen atoms in total. The number of hydrogen-bond donors (Lipinski definition) is 3. The highest BCUT2D eigenvalue weighted by Crippen LogP contribution is 2.21. The second kappa shape index (κ2) is 9.26. The predicted molar refractivity (Wildman–Crippen MR) is 111 cm³/mol. The molecule has 3 aromatic rings. The summed E-state index contributed by atoms with van der Waals surface area (Å²) in [5.74, 6) is -0.861. The van der Waals surface area contributed by atoms with Gasteiger partial charge in [-0.2, -0.15) is 5.10 Å². The van der Waals surface area contributed by atoms with Crippen LogP contribution in [0.2, 0.25) is 0 Å². The summed E-state index contributed by atoms with van der Waals surface area (Å²) in [6.07, 6.45) is 7.40. The van der Waals surface area contributed by atoms with E-state index in [-0.39, 0.29) is 29.5 Å². The second-order valence-corrected chi connectivity index (χ2v) is 7.23. The van der Waals surface area contributed by atoms with E-state index in [1.807, 2.05) is 13.8 Å². The van der Waals surface area contributed by atoms with Gasteiger partial charge in [0, 0.05) is 13.2 Å². The predicted octanol–water partition coefficient (Wildman–Crippen LogP) is 1.79. The fourth-order valence-electron chi connectivity index (χ4n) is 2.72. The Morgan fingerprint density at radius 3 is 2.55 bits per heavy atom. The van der Waals surface area contributed by atoms with E-state index in [0.29, 0.717) is 22.3 Å². The first kappa shape index (κ1) is 21.8. The first-order chi connectivity index (χ1) is 14.7. The molecule has 0 aliphatic carbocycles. The summed E-state index contributed by atoms with van der Waals surface area (Å²) in [5.41, 5.74) is 0.993. The molecule has 3 N–H and O–H groups in total. The van der Waals surface area contributed by atoms with Crippen molar-refractivity contribution in [3.8, 4) is 0 Å². The molecule has 162 valence electrons. The van der Waals surface area contributed by atoms with Crippen LogP contribution in [0.15, 0.2) is 31.1 Å². The first-order valence-electron chi connectivity index (χ1n) is 9.46. The number of anilines is 3. The summed E-state index contributed by atoms with van der Waals surface area (Å²) in [6, 6.07) is 0. The van der Waals surface area contributed by atoms with Gasteiger partial charge in [0.25, 0.3) is 11.8 Å². The third-order valence-corrected chi connectivity index (χ3v) is 4.02. The summed E-state index contributed by atoms with van der Waals surface area (Å²) in [5, 5.41) is 20.4. The van der Waals surface area contributed by atoms with E-state index in [1.165, 1.54) is 35.8 Å². The third-order valence-electron chi connectivity index (χ3n) is 4.02. The van der Waals surface area contributed by atoms with E-state index >= 15 is 0 Å². The largest absolute Gasteiger partial charge is 0.350 e. The standard InChI is InChI=1S/C19H23N9O3/c1-11(2)8-28(31)19(30)17-15(9-27(4)26-17)25-18(29)16-14(7-22-12(3)23-16)24-13-5-20-10-21-6-13/h5-7,9-11,24,31H,8H2,1-4H3,(H,25,29). The van der Waals surface area contributed by atoms with Crippen LogP contribution in [-0.4, -0.2) is 58.3 Å². The molecule has 0 aliphatic rings. The zero-order chi connectivity index (χ0) is 22.5. The molecule has 3 rings (SSSR count). The first-order valence-corrected chi connectivity index (χ1v) is 9.46. The SMILES string of the molecule is Cc1ncc(Nc2cncnc2)c(C(=O)Nc2cn(C)nc2C(=O)N(O)CC(C)C)n1. The maximum atomic E-state index is 13.0. The molecule has 0 unspecified atom stereocenters. The zero-order valence-corrected chi connectivity index (χ0v) is 17.6. The Hall–Kier alpha value is -3.93. The van der Waals surface area contributed by atoms with Gasteiger partial charge in [0.05, 0.1) is 42.2 Å². The fraction of sp³-hybridized carbons (Fsp3) is 0.316. The van der Waals surface area contributed by atoms with Crippen molar-refractivity contribution in [2.24, 2.45) is 13.0 Å². The Kier molecular flexibility index (Phi) is 6.50. The molecule has 0 aliphatic heterocycles. The fourth-order valence-corrected chi connectivity index (χ4v) is 2.72. The van der Waals surface area contributed by atoms with E-state index in [1.54, 1.807) is 14.0 Å². The molecule has 0 bridgehead atoms. The maximum absolute atomic E-state index is 13.0. The van der Waals surface area contributed by atoms with Gasteiger partial charge in [-0.1, -0.05) is 13.8 Å². The quantitative estimate of drug-likeness (QED) is 0.380. The molecule has 0 radical (unpaired) electrons. The van der Waals surface area contributed by atoms with Crippen molar-refractivity contribution in [2.45, 2.75) is 20.8 Å². The van der Waals surface area contributed by atoms with Gasteiger partial charge in [0.15, 0.2) is 11.4 Å². The van der Waals surface area contributed by atoms with Crippen molar-refractivity contribution in [2.75, 3.05) is 17.2 Å². The average Bonchev–Trinajstić information content (AvgIpc) is 3.08. The van der Waals surface area contributed by atoms with Crippen molar-refractivity contribution < 1.29 is 14.8 Å². The summed E-state index contributed by atoms with van der Waals surface area (Å²) in [6.45, 7) is 5.50. The van der Waals surface area contributed by atoms with Crippen LogP contribution in [0.1, 0.15) is 40.6 Å². The van der Waals surface area contributed by atoms with Gasteiger partial charge < -0.3 is 10.6 Å². The number of carbonyl (C=O) groups excluding carboxylic acids is 2. The molecule has 0 atom stereocenters. The summed E-state index contributed by atoms with van der Waals surface area (Å²) in [4.78, 5) is 41.8. The van der Waals surface area contributed by atoms with Gasteiger partial charge in [-0.15, -0.1) is 0 Å².